The maximum absolute atomic E-state index is 13.9. The van der Waals surface area contributed by atoms with Crippen molar-refractivity contribution in [1.82, 2.24) is 25.3 Å². The largest absolute Gasteiger partial charge is 0.346 e. The van der Waals surface area contributed by atoms with E-state index >= 15 is 0 Å². The number of carbonyl (C=O) groups is 1. The number of halogens is 1. The third-order valence-corrected chi connectivity index (χ3v) is 5.32. The number of nitrogens with one attached hydrogen (secondary N) is 2. The molecule has 2 aromatic carbocycles. The van der Waals surface area contributed by atoms with Crippen LogP contribution in [-0.2, 0) is 13.1 Å². The lowest BCUT2D eigenvalue weighted by atomic mass is 10.1. The van der Waals surface area contributed by atoms with Crippen molar-refractivity contribution in [2.45, 2.75) is 25.9 Å². The van der Waals surface area contributed by atoms with Crippen molar-refractivity contribution in [3.63, 3.8) is 0 Å². The van der Waals surface area contributed by atoms with E-state index in [1.807, 2.05) is 29.1 Å². The fourth-order valence-electron chi connectivity index (χ4n) is 3.52. The Labute approximate surface area is 166 Å². The van der Waals surface area contributed by atoms with E-state index in [9.17, 15) is 9.18 Å². The molecule has 0 unspecified atom stereocenters. The van der Waals surface area contributed by atoms with Crippen molar-refractivity contribution in [2.75, 3.05) is 0 Å². The fourth-order valence-corrected chi connectivity index (χ4v) is 3.52. The molecule has 7 heteroatoms. The van der Waals surface area contributed by atoms with Gasteiger partial charge in [-0.3, -0.25) is 14.6 Å². The number of hydrogen-bond donors (Lipinski definition) is 2. The maximum atomic E-state index is 13.9. The molecule has 1 fully saturated rings. The van der Waals surface area contributed by atoms with E-state index in [4.69, 9.17) is 0 Å². The van der Waals surface area contributed by atoms with Crippen LogP contribution < -0.4 is 5.32 Å². The van der Waals surface area contributed by atoms with Crippen LogP contribution in [0.1, 0.15) is 28.9 Å². The molecule has 2 N–H and O–H groups in total. The lowest BCUT2D eigenvalue weighted by Crippen LogP contribution is -2.24. The third-order valence-electron chi connectivity index (χ3n) is 5.32. The van der Waals surface area contributed by atoms with E-state index in [-0.39, 0.29) is 18.3 Å². The van der Waals surface area contributed by atoms with Gasteiger partial charge in [-0.1, -0.05) is 24.3 Å². The lowest BCUT2D eigenvalue weighted by molar-refractivity contribution is 0.0946. The predicted molar refractivity (Wildman–Crippen MR) is 108 cm³/mol. The summed E-state index contributed by atoms with van der Waals surface area (Å²) in [5.74, 6) is -0.0180. The van der Waals surface area contributed by atoms with Gasteiger partial charge in [0, 0.05) is 35.8 Å². The minimum Gasteiger partial charge on any atom is -0.346 e. The van der Waals surface area contributed by atoms with Crippen LogP contribution in [0.4, 0.5) is 4.39 Å². The Morgan fingerprint density at radius 3 is 2.83 bits per heavy atom. The highest BCUT2D eigenvalue weighted by Gasteiger charge is 2.25. The number of benzene rings is 2. The number of rotatable bonds is 6. The smallest absolute Gasteiger partial charge is 0.272 e. The first kappa shape index (κ1) is 17.6. The van der Waals surface area contributed by atoms with Gasteiger partial charge < -0.3 is 5.32 Å². The molecule has 1 saturated carbocycles. The summed E-state index contributed by atoms with van der Waals surface area (Å²) >= 11 is 0. The summed E-state index contributed by atoms with van der Waals surface area (Å²) in [5, 5.41) is 15.0. The number of fused-ring (bicyclic) bond motifs is 1. The number of amides is 1. The third kappa shape index (κ3) is 3.51. The molecule has 29 heavy (non-hydrogen) atoms. The van der Waals surface area contributed by atoms with Crippen LogP contribution in [-0.4, -0.2) is 25.9 Å². The zero-order valence-electron chi connectivity index (χ0n) is 15.7. The van der Waals surface area contributed by atoms with Gasteiger partial charge in [0.1, 0.15) is 5.82 Å². The van der Waals surface area contributed by atoms with Gasteiger partial charge in [-0.2, -0.15) is 10.2 Å². The number of aromatic amines is 1. The molecular formula is C22H20FN5O. The molecule has 0 atom stereocenters. The van der Waals surface area contributed by atoms with Gasteiger partial charge >= 0.3 is 0 Å². The van der Waals surface area contributed by atoms with Gasteiger partial charge in [-0.25, -0.2) is 4.39 Å². The van der Waals surface area contributed by atoms with Gasteiger partial charge in [-0.15, -0.1) is 0 Å². The summed E-state index contributed by atoms with van der Waals surface area (Å²) in [7, 11) is 0. The highest BCUT2D eigenvalue weighted by molar-refractivity contribution is 6.05. The highest BCUT2D eigenvalue weighted by atomic mass is 19.1. The SMILES string of the molecule is O=C(NCc1ccccc1F)c1nn(CC2CC2)c2cc(-c3cn[nH]c3)ccc12. The molecule has 1 aliphatic carbocycles. The minimum atomic E-state index is -0.332. The van der Waals surface area contributed by atoms with Crippen molar-refractivity contribution >= 4 is 16.8 Å². The topological polar surface area (TPSA) is 75.6 Å². The second-order valence-corrected chi connectivity index (χ2v) is 7.47. The van der Waals surface area contributed by atoms with E-state index in [2.05, 4.69) is 20.6 Å². The van der Waals surface area contributed by atoms with Crippen LogP contribution in [0, 0.1) is 11.7 Å². The molecule has 0 saturated heterocycles. The zero-order valence-corrected chi connectivity index (χ0v) is 15.7. The Balaban J connectivity index is 1.47. The first-order valence-electron chi connectivity index (χ1n) is 9.70. The van der Waals surface area contributed by atoms with Crippen LogP contribution in [0.3, 0.4) is 0 Å². The van der Waals surface area contributed by atoms with Gasteiger partial charge in [-0.05, 0) is 42.5 Å². The summed E-state index contributed by atoms with van der Waals surface area (Å²) in [5.41, 5.74) is 3.74. The van der Waals surface area contributed by atoms with E-state index in [1.54, 1.807) is 24.4 Å². The number of aromatic nitrogens is 4. The number of nitrogens with zero attached hydrogens (tertiary/aromatic N) is 3. The van der Waals surface area contributed by atoms with Gasteiger partial charge in [0.05, 0.1) is 11.7 Å². The average Bonchev–Trinajstić information content (AvgIpc) is 3.24. The Morgan fingerprint density at radius 1 is 1.21 bits per heavy atom. The summed E-state index contributed by atoms with van der Waals surface area (Å²) in [6.45, 7) is 0.918. The minimum absolute atomic E-state index is 0.121. The first-order chi connectivity index (χ1) is 14.2. The van der Waals surface area contributed by atoms with E-state index < -0.39 is 0 Å². The normalized spacial score (nSPS) is 13.7. The highest BCUT2D eigenvalue weighted by Crippen LogP contribution is 2.33. The molecule has 1 amide bonds. The lowest BCUT2D eigenvalue weighted by Gasteiger charge is -2.05. The van der Waals surface area contributed by atoms with Crippen LogP contribution in [0.2, 0.25) is 0 Å². The van der Waals surface area contributed by atoms with Crippen molar-refractivity contribution in [1.29, 1.82) is 0 Å². The van der Waals surface area contributed by atoms with E-state index in [1.165, 1.54) is 18.9 Å². The van der Waals surface area contributed by atoms with E-state index in [0.29, 0.717) is 17.2 Å². The van der Waals surface area contributed by atoms with Crippen molar-refractivity contribution < 1.29 is 9.18 Å². The molecule has 0 aliphatic heterocycles. The number of H-pyrrole nitrogens is 1. The Hall–Kier alpha value is -3.48. The van der Waals surface area contributed by atoms with Crippen molar-refractivity contribution in [2.24, 2.45) is 5.92 Å². The van der Waals surface area contributed by atoms with Crippen molar-refractivity contribution in [3.8, 4) is 11.1 Å². The molecule has 6 nitrogen and oxygen atoms in total. The Bertz CT molecular complexity index is 1180. The molecule has 5 rings (SSSR count). The maximum Gasteiger partial charge on any atom is 0.272 e. The van der Waals surface area contributed by atoms with Crippen LogP contribution in [0.5, 0.6) is 0 Å². The number of carbonyl (C=O) groups excluding carboxylic acids is 1. The molecule has 1 aliphatic rings. The molecule has 2 aromatic heterocycles. The predicted octanol–water partition coefficient (Wildman–Crippen LogP) is 3.91. The quantitative estimate of drug-likeness (QED) is 0.525. The summed E-state index contributed by atoms with van der Waals surface area (Å²) in [4.78, 5) is 12.8. The molecule has 0 radical (unpaired) electrons. The summed E-state index contributed by atoms with van der Waals surface area (Å²) < 4.78 is 15.8. The molecule has 146 valence electrons. The van der Waals surface area contributed by atoms with Gasteiger partial charge in [0.25, 0.3) is 5.91 Å². The molecule has 0 bridgehead atoms. The Morgan fingerprint density at radius 2 is 2.07 bits per heavy atom. The fraction of sp³-hybridized carbons (Fsp3) is 0.227. The standard InChI is InChI=1S/C22H20FN5O/c23-19-4-2-1-3-16(19)10-24-22(29)21-18-8-7-15(17-11-25-26-12-17)9-20(18)28(27-21)13-14-5-6-14/h1-4,7-9,11-12,14H,5-6,10,13H2,(H,24,29)(H,25,26). The Kier molecular flexibility index (Phi) is 4.35. The average molecular weight is 389 g/mol. The second kappa shape index (κ2) is 7.16. The molecular weight excluding hydrogens is 369 g/mol. The van der Waals surface area contributed by atoms with Gasteiger partial charge in [0.15, 0.2) is 5.69 Å². The molecule has 2 heterocycles. The van der Waals surface area contributed by atoms with Crippen LogP contribution in [0.15, 0.2) is 54.9 Å². The summed E-state index contributed by atoms with van der Waals surface area (Å²) in [6.07, 6.45) is 5.99. The number of hydrogen-bond acceptors (Lipinski definition) is 3. The monoisotopic (exact) mass is 389 g/mol. The van der Waals surface area contributed by atoms with Crippen LogP contribution >= 0.6 is 0 Å². The van der Waals surface area contributed by atoms with Crippen molar-refractivity contribution in [3.05, 3.63) is 71.9 Å². The van der Waals surface area contributed by atoms with E-state index in [0.717, 1.165) is 28.6 Å². The van der Waals surface area contributed by atoms with Gasteiger partial charge in [0.2, 0.25) is 0 Å². The molecule has 0 spiro atoms. The first-order valence-corrected chi connectivity index (χ1v) is 9.70. The second-order valence-electron chi connectivity index (χ2n) is 7.47. The van der Waals surface area contributed by atoms with Crippen LogP contribution in [0.25, 0.3) is 22.0 Å². The summed E-state index contributed by atoms with van der Waals surface area (Å²) in [6, 6.07) is 12.4. The molecule has 4 aromatic rings. The zero-order chi connectivity index (χ0) is 19.8.